The van der Waals surface area contributed by atoms with Crippen molar-refractivity contribution in [2.24, 2.45) is 10.9 Å². The van der Waals surface area contributed by atoms with E-state index in [0.29, 0.717) is 0 Å². The maximum absolute atomic E-state index is 5.62. The van der Waals surface area contributed by atoms with E-state index in [0.717, 1.165) is 12.0 Å². The molecule has 0 saturated carbocycles. The van der Waals surface area contributed by atoms with Gasteiger partial charge in [0.2, 0.25) is 0 Å². The number of nitrogens with two attached hydrogens (primary N) is 1. The first-order valence-corrected chi connectivity index (χ1v) is 3.84. The topological polar surface area (TPSA) is 54.5 Å². The second-order valence-electron chi connectivity index (χ2n) is 2.72. The molecule has 0 amide bonds. The van der Waals surface area contributed by atoms with Crippen LogP contribution in [-0.4, -0.2) is 16.3 Å². The summed E-state index contributed by atoms with van der Waals surface area (Å²) in [4.78, 5) is 4.03. The van der Waals surface area contributed by atoms with Crippen LogP contribution in [0.4, 0.5) is 0 Å². The summed E-state index contributed by atoms with van der Waals surface area (Å²) in [6.07, 6.45) is 6.25. The van der Waals surface area contributed by atoms with Gasteiger partial charge in [0, 0.05) is 25.0 Å². The number of aromatic nitrogens is 1. The lowest BCUT2D eigenvalue weighted by Gasteiger charge is -2.17. The number of pyridine rings is 1. The highest BCUT2D eigenvalue weighted by Crippen LogP contribution is 2.23. The Morgan fingerprint density at radius 1 is 1.58 bits per heavy atom. The zero-order chi connectivity index (χ0) is 8.39. The molecular weight excluding hydrogens is 152 g/mol. The summed E-state index contributed by atoms with van der Waals surface area (Å²) in [6, 6.07) is 4.08. The van der Waals surface area contributed by atoms with Crippen molar-refractivity contribution in [1.82, 2.24) is 10.1 Å². The van der Waals surface area contributed by atoms with Crippen LogP contribution in [0, 0.1) is 0 Å². The molecule has 2 heterocycles. The highest BCUT2D eigenvalue weighted by atomic mass is 15.6. The van der Waals surface area contributed by atoms with Crippen molar-refractivity contribution in [3.8, 4) is 0 Å². The van der Waals surface area contributed by atoms with Crippen molar-refractivity contribution in [2.45, 2.75) is 12.5 Å². The lowest BCUT2D eigenvalue weighted by Crippen LogP contribution is -2.26. The van der Waals surface area contributed by atoms with E-state index in [2.05, 4.69) is 10.1 Å². The zero-order valence-electron chi connectivity index (χ0n) is 6.59. The molecule has 1 unspecified atom stereocenters. The van der Waals surface area contributed by atoms with E-state index in [1.54, 1.807) is 6.20 Å². The van der Waals surface area contributed by atoms with E-state index in [9.17, 15) is 0 Å². The van der Waals surface area contributed by atoms with Crippen LogP contribution in [0.2, 0.25) is 0 Å². The van der Waals surface area contributed by atoms with Crippen LogP contribution in [0.1, 0.15) is 18.0 Å². The first kappa shape index (κ1) is 7.24. The van der Waals surface area contributed by atoms with Gasteiger partial charge in [-0.05, 0) is 11.6 Å². The van der Waals surface area contributed by atoms with Gasteiger partial charge in [-0.3, -0.25) is 4.98 Å². The summed E-state index contributed by atoms with van der Waals surface area (Å²) >= 11 is 0. The molecule has 1 aliphatic rings. The highest BCUT2D eigenvalue weighted by Gasteiger charge is 2.19. The molecule has 2 rings (SSSR count). The van der Waals surface area contributed by atoms with Crippen LogP contribution in [0.3, 0.4) is 0 Å². The van der Waals surface area contributed by atoms with Crippen LogP contribution >= 0.6 is 0 Å². The minimum atomic E-state index is 0.165. The first-order valence-electron chi connectivity index (χ1n) is 3.84. The summed E-state index contributed by atoms with van der Waals surface area (Å²) in [5.41, 5.74) is 1.11. The molecular formula is C8H10N4. The molecule has 0 radical (unpaired) electrons. The molecule has 4 heteroatoms. The molecule has 62 valence electrons. The van der Waals surface area contributed by atoms with Crippen molar-refractivity contribution < 1.29 is 0 Å². The van der Waals surface area contributed by atoms with Crippen LogP contribution < -0.4 is 5.84 Å². The Bertz CT molecular complexity index is 282. The van der Waals surface area contributed by atoms with Crippen LogP contribution in [-0.2, 0) is 0 Å². The number of hydrogen-bond acceptors (Lipinski definition) is 4. The van der Waals surface area contributed by atoms with E-state index < -0.39 is 0 Å². The van der Waals surface area contributed by atoms with Gasteiger partial charge in [0.25, 0.3) is 0 Å². The molecule has 1 aromatic rings. The van der Waals surface area contributed by atoms with E-state index in [4.69, 9.17) is 5.84 Å². The van der Waals surface area contributed by atoms with Gasteiger partial charge in [0.1, 0.15) is 0 Å². The van der Waals surface area contributed by atoms with Crippen LogP contribution in [0.15, 0.2) is 29.6 Å². The predicted molar refractivity (Wildman–Crippen MR) is 46.1 cm³/mol. The van der Waals surface area contributed by atoms with Crippen molar-refractivity contribution in [3.05, 3.63) is 30.1 Å². The van der Waals surface area contributed by atoms with E-state index in [1.165, 1.54) is 5.12 Å². The maximum atomic E-state index is 5.62. The Hall–Kier alpha value is -1.42. The molecule has 12 heavy (non-hydrogen) atoms. The van der Waals surface area contributed by atoms with Gasteiger partial charge in [0.15, 0.2) is 0 Å². The zero-order valence-corrected chi connectivity index (χ0v) is 6.59. The van der Waals surface area contributed by atoms with Gasteiger partial charge >= 0.3 is 0 Å². The predicted octanol–water partition coefficient (Wildman–Crippen LogP) is 0.688. The molecule has 0 saturated heterocycles. The lowest BCUT2D eigenvalue weighted by molar-refractivity contribution is 0.240. The normalized spacial score (nSPS) is 21.8. The number of hydrogen-bond donors (Lipinski definition) is 1. The fourth-order valence-corrected chi connectivity index (χ4v) is 1.29. The van der Waals surface area contributed by atoms with Crippen LogP contribution in [0.5, 0.6) is 0 Å². The standard InChI is InChI=1S/C8H10N4/c9-12-8(3-5-11-12)7-2-1-4-10-6-7/h1-2,4-6,8H,3,9H2. The Balaban J connectivity index is 2.22. The largest absolute Gasteiger partial charge is 0.264 e. The molecule has 2 N–H and O–H groups in total. The minimum Gasteiger partial charge on any atom is -0.264 e. The molecule has 0 bridgehead atoms. The summed E-state index contributed by atoms with van der Waals surface area (Å²) in [5, 5.41) is 5.42. The van der Waals surface area contributed by atoms with Gasteiger partial charge < -0.3 is 0 Å². The summed E-state index contributed by atoms with van der Waals surface area (Å²) in [7, 11) is 0. The van der Waals surface area contributed by atoms with Gasteiger partial charge in [-0.25, -0.2) is 11.0 Å². The third-order valence-corrected chi connectivity index (χ3v) is 1.93. The van der Waals surface area contributed by atoms with Crippen molar-refractivity contribution >= 4 is 6.21 Å². The molecule has 1 atom stereocenters. The van der Waals surface area contributed by atoms with Crippen molar-refractivity contribution in [3.63, 3.8) is 0 Å². The monoisotopic (exact) mass is 162 g/mol. The van der Waals surface area contributed by atoms with Gasteiger partial charge in [-0.1, -0.05) is 6.07 Å². The Kier molecular flexibility index (Phi) is 1.75. The van der Waals surface area contributed by atoms with Gasteiger partial charge in [-0.15, -0.1) is 0 Å². The minimum absolute atomic E-state index is 0.165. The molecule has 0 spiro atoms. The van der Waals surface area contributed by atoms with Crippen molar-refractivity contribution in [1.29, 1.82) is 0 Å². The molecule has 1 aromatic heterocycles. The Morgan fingerprint density at radius 2 is 2.50 bits per heavy atom. The number of nitrogens with zero attached hydrogens (tertiary/aromatic N) is 3. The highest BCUT2D eigenvalue weighted by molar-refractivity contribution is 5.60. The second-order valence-corrected chi connectivity index (χ2v) is 2.72. The number of rotatable bonds is 1. The van der Waals surface area contributed by atoms with Crippen LogP contribution in [0.25, 0.3) is 0 Å². The molecule has 0 fully saturated rings. The average molecular weight is 162 g/mol. The third kappa shape index (κ3) is 1.16. The summed E-state index contributed by atoms with van der Waals surface area (Å²) in [5.74, 6) is 5.62. The fraction of sp³-hybridized carbons (Fsp3) is 0.250. The maximum Gasteiger partial charge on any atom is 0.0954 e. The Morgan fingerprint density at radius 3 is 3.08 bits per heavy atom. The second kappa shape index (κ2) is 2.91. The molecule has 0 aromatic carbocycles. The van der Waals surface area contributed by atoms with E-state index in [-0.39, 0.29) is 6.04 Å². The average Bonchev–Trinajstić information content (AvgIpc) is 2.53. The number of hydrazone groups is 1. The number of hydrazine groups is 1. The summed E-state index contributed by atoms with van der Waals surface area (Å²) in [6.45, 7) is 0. The SMILES string of the molecule is NN1N=CCC1c1cccnc1. The van der Waals surface area contributed by atoms with E-state index >= 15 is 0 Å². The quantitative estimate of drug-likeness (QED) is 0.618. The van der Waals surface area contributed by atoms with Gasteiger partial charge in [-0.2, -0.15) is 5.10 Å². The van der Waals surface area contributed by atoms with Gasteiger partial charge in [0.05, 0.1) is 6.04 Å². The fourth-order valence-electron chi connectivity index (χ4n) is 1.29. The van der Waals surface area contributed by atoms with E-state index in [1.807, 2.05) is 24.5 Å². The smallest absolute Gasteiger partial charge is 0.0954 e. The molecule has 0 aliphatic carbocycles. The van der Waals surface area contributed by atoms with Crippen molar-refractivity contribution in [2.75, 3.05) is 0 Å². The third-order valence-electron chi connectivity index (χ3n) is 1.93. The molecule has 4 nitrogen and oxygen atoms in total. The molecule has 1 aliphatic heterocycles. The first-order chi connectivity index (χ1) is 5.88. The summed E-state index contributed by atoms with van der Waals surface area (Å²) < 4.78 is 0. The Labute approximate surface area is 70.7 Å². The lowest BCUT2D eigenvalue weighted by atomic mass is 10.1.